The topological polar surface area (TPSA) is 88.8 Å². The van der Waals surface area contributed by atoms with Crippen LogP contribution in [0.25, 0.3) is 0 Å². The number of furan rings is 1. The van der Waals surface area contributed by atoms with Crippen molar-refractivity contribution in [1.29, 1.82) is 0 Å². The van der Waals surface area contributed by atoms with Gasteiger partial charge in [-0.1, -0.05) is 30.3 Å². The number of rotatable bonds is 9. The van der Waals surface area contributed by atoms with Crippen molar-refractivity contribution in [1.82, 2.24) is 10.2 Å². The Kier molecular flexibility index (Phi) is 7.42. The number of benzene rings is 1. The van der Waals surface area contributed by atoms with Gasteiger partial charge in [0.1, 0.15) is 5.76 Å². The van der Waals surface area contributed by atoms with E-state index in [0.29, 0.717) is 12.3 Å². The zero-order valence-electron chi connectivity index (χ0n) is 14.6. The number of likely N-dealkylation sites (N-methyl/N-ethyl adjacent to an activating group) is 1. The second kappa shape index (κ2) is 10.0. The van der Waals surface area contributed by atoms with Gasteiger partial charge in [-0.2, -0.15) is 0 Å². The first kappa shape index (κ1) is 19.2. The summed E-state index contributed by atoms with van der Waals surface area (Å²) in [6, 6.07) is 12.8. The smallest absolute Gasteiger partial charge is 0.308 e. The minimum absolute atomic E-state index is 0.00963. The number of esters is 1. The van der Waals surface area contributed by atoms with Crippen molar-refractivity contribution in [2.45, 2.75) is 19.4 Å². The van der Waals surface area contributed by atoms with Crippen LogP contribution in [0.3, 0.4) is 0 Å². The average molecular weight is 358 g/mol. The predicted molar refractivity (Wildman–Crippen MR) is 93.9 cm³/mol. The van der Waals surface area contributed by atoms with Crippen molar-refractivity contribution in [2.24, 2.45) is 0 Å². The molecule has 0 fully saturated rings. The molecule has 0 saturated heterocycles. The molecule has 2 aromatic rings. The number of ether oxygens (including phenoxy) is 1. The van der Waals surface area contributed by atoms with Crippen LogP contribution in [0.1, 0.15) is 17.7 Å². The highest BCUT2D eigenvalue weighted by Crippen LogP contribution is 2.04. The Morgan fingerprint density at radius 3 is 2.58 bits per heavy atom. The molecular formula is C19H22N2O5. The minimum atomic E-state index is -0.537. The number of hydrogen-bond acceptors (Lipinski definition) is 5. The fourth-order valence-electron chi connectivity index (χ4n) is 2.20. The fraction of sp³-hybridized carbons (Fsp3) is 0.316. The molecule has 0 spiro atoms. The number of nitrogens with one attached hydrogen (secondary N) is 1. The summed E-state index contributed by atoms with van der Waals surface area (Å²) in [6.45, 7) is 0.133. The molecular weight excluding hydrogens is 336 g/mol. The maximum atomic E-state index is 11.9. The molecule has 0 aliphatic carbocycles. The van der Waals surface area contributed by atoms with Crippen molar-refractivity contribution in [3.05, 3.63) is 60.1 Å². The van der Waals surface area contributed by atoms with Crippen LogP contribution in [0.15, 0.2) is 53.1 Å². The lowest BCUT2D eigenvalue weighted by Crippen LogP contribution is -2.32. The van der Waals surface area contributed by atoms with Crippen LogP contribution >= 0.6 is 0 Å². The molecule has 1 aromatic carbocycles. The van der Waals surface area contributed by atoms with Gasteiger partial charge in [-0.05, 0) is 17.7 Å². The summed E-state index contributed by atoms with van der Waals surface area (Å²) in [5.74, 6) is -0.390. The molecule has 0 aliphatic heterocycles. The third-order valence-corrected chi connectivity index (χ3v) is 3.61. The van der Waals surface area contributed by atoms with Crippen LogP contribution in [0.5, 0.6) is 0 Å². The highest BCUT2D eigenvalue weighted by Gasteiger charge is 2.13. The molecule has 1 N–H and O–H groups in total. The molecule has 7 nitrogen and oxygen atoms in total. The molecule has 26 heavy (non-hydrogen) atoms. The number of amides is 2. The summed E-state index contributed by atoms with van der Waals surface area (Å²) in [4.78, 5) is 36.7. The quantitative estimate of drug-likeness (QED) is 0.687. The summed E-state index contributed by atoms with van der Waals surface area (Å²) in [5, 5.41) is 2.65. The van der Waals surface area contributed by atoms with Crippen molar-refractivity contribution in [3.8, 4) is 0 Å². The third-order valence-electron chi connectivity index (χ3n) is 3.61. The van der Waals surface area contributed by atoms with Gasteiger partial charge in [-0.25, -0.2) is 0 Å². The first-order chi connectivity index (χ1) is 12.5. The second-order valence-electron chi connectivity index (χ2n) is 5.75. The molecule has 2 rings (SSSR count). The van der Waals surface area contributed by atoms with E-state index in [-0.39, 0.29) is 37.8 Å². The number of hydrogen-bond donors (Lipinski definition) is 1. The van der Waals surface area contributed by atoms with Crippen LogP contribution in [-0.4, -0.2) is 42.9 Å². The molecule has 0 atom stereocenters. The molecule has 0 saturated carbocycles. The Labute approximate surface area is 151 Å². The van der Waals surface area contributed by atoms with E-state index >= 15 is 0 Å². The third kappa shape index (κ3) is 6.80. The van der Waals surface area contributed by atoms with Gasteiger partial charge in [-0.15, -0.1) is 0 Å². The lowest BCUT2D eigenvalue weighted by atomic mass is 10.1. The molecule has 0 aliphatic rings. The summed E-state index contributed by atoms with van der Waals surface area (Å²) in [5.41, 5.74) is 0.901. The summed E-state index contributed by atoms with van der Waals surface area (Å²) in [7, 11) is 1.60. The maximum absolute atomic E-state index is 11.9. The molecule has 7 heteroatoms. The SMILES string of the molecule is CN(Cc1ccco1)C(=O)COC(=O)CCNC(=O)Cc1ccccc1. The Morgan fingerprint density at radius 2 is 1.88 bits per heavy atom. The van der Waals surface area contributed by atoms with E-state index in [1.807, 2.05) is 30.3 Å². The van der Waals surface area contributed by atoms with E-state index < -0.39 is 5.97 Å². The summed E-state index contributed by atoms with van der Waals surface area (Å²) < 4.78 is 10.1. The molecule has 0 bridgehead atoms. The van der Waals surface area contributed by atoms with Crippen LogP contribution < -0.4 is 5.32 Å². The summed E-state index contributed by atoms with van der Waals surface area (Å²) >= 11 is 0. The number of carbonyl (C=O) groups excluding carboxylic acids is 3. The lowest BCUT2D eigenvalue weighted by Gasteiger charge is -2.15. The van der Waals surface area contributed by atoms with E-state index in [0.717, 1.165) is 5.56 Å². The highest BCUT2D eigenvalue weighted by atomic mass is 16.5. The highest BCUT2D eigenvalue weighted by molar-refractivity contribution is 5.81. The van der Waals surface area contributed by atoms with Gasteiger partial charge in [0, 0.05) is 13.6 Å². The standard InChI is InChI=1S/C19H22N2O5/c1-21(13-16-8-5-11-25-16)18(23)14-26-19(24)9-10-20-17(22)12-15-6-3-2-4-7-15/h2-8,11H,9-10,12-14H2,1H3,(H,20,22). The van der Waals surface area contributed by atoms with Crippen LogP contribution in [-0.2, 0) is 32.1 Å². The van der Waals surface area contributed by atoms with Gasteiger partial charge in [0.25, 0.3) is 5.91 Å². The molecule has 0 unspecified atom stereocenters. The van der Waals surface area contributed by atoms with Gasteiger partial charge in [0.15, 0.2) is 6.61 Å². The fourth-order valence-corrected chi connectivity index (χ4v) is 2.20. The van der Waals surface area contributed by atoms with Crippen molar-refractivity contribution < 1.29 is 23.5 Å². The normalized spacial score (nSPS) is 10.2. The maximum Gasteiger partial charge on any atom is 0.308 e. The number of nitrogens with zero attached hydrogens (tertiary/aromatic N) is 1. The van der Waals surface area contributed by atoms with Crippen LogP contribution in [0.2, 0.25) is 0 Å². The lowest BCUT2D eigenvalue weighted by molar-refractivity contribution is -0.151. The first-order valence-corrected chi connectivity index (χ1v) is 8.27. The largest absolute Gasteiger partial charge is 0.467 e. The number of carbonyl (C=O) groups is 3. The molecule has 1 heterocycles. The van der Waals surface area contributed by atoms with Gasteiger partial charge < -0.3 is 19.4 Å². The van der Waals surface area contributed by atoms with E-state index in [4.69, 9.17) is 9.15 Å². The molecule has 138 valence electrons. The van der Waals surface area contributed by atoms with Gasteiger partial charge in [0.05, 0.1) is 25.6 Å². The first-order valence-electron chi connectivity index (χ1n) is 8.27. The Balaban J connectivity index is 1.59. The van der Waals surface area contributed by atoms with Crippen molar-refractivity contribution >= 4 is 17.8 Å². The van der Waals surface area contributed by atoms with Crippen molar-refractivity contribution in [2.75, 3.05) is 20.2 Å². The van der Waals surface area contributed by atoms with Gasteiger partial charge in [0.2, 0.25) is 5.91 Å². The molecule has 2 amide bonds. The van der Waals surface area contributed by atoms with Gasteiger partial charge in [-0.3, -0.25) is 14.4 Å². The van der Waals surface area contributed by atoms with E-state index in [1.54, 1.807) is 19.2 Å². The van der Waals surface area contributed by atoms with E-state index in [1.165, 1.54) is 11.2 Å². The Bertz CT molecular complexity index is 713. The Hall–Kier alpha value is -3.09. The second-order valence-corrected chi connectivity index (χ2v) is 5.75. The average Bonchev–Trinajstić information content (AvgIpc) is 3.13. The summed E-state index contributed by atoms with van der Waals surface area (Å²) in [6.07, 6.45) is 1.79. The monoisotopic (exact) mass is 358 g/mol. The van der Waals surface area contributed by atoms with Crippen LogP contribution in [0.4, 0.5) is 0 Å². The van der Waals surface area contributed by atoms with Crippen molar-refractivity contribution in [3.63, 3.8) is 0 Å². The van der Waals surface area contributed by atoms with E-state index in [9.17, 15) is 14.4 Å². The zero-order chi connectivity index (χ0) is 18.8. The molecule has 1 aromatic heterocycles. The van der Waals surface area contributed by atoms with E-state index in [2.05, 4.69) is 5.32 Å². The molecule has 0 radical (unpaired) electrons. The Morgan fingerprint density at radius 1 is 1.12 bits per heavy atom. The zero-order valence-corrected chi connectivity index (χ0v) is 14.6. The minimum Gasteiger partial charge on any atom is -0.467 e. The predicted octanol–water partition coefficient (Wildman–Crippen LogP) is 1.53. The van der Waals surface area contributed by atoms with Crippen LogP contribution in [0, 0.1) is 0 Å². The van der Waals surface area contributed by atoms with Gasteiger partial charge >= 0.3 is 5.97 Å².